The van der Waals surface area contributed by atoms with Gasteiger partial charge in [0, 0.05) is 12.0 Å². The minimum absolute atomic E-state index is 0.292. The van der Waals surface area contributed by atoms with Gasteiger partial charge in [-0.15, -0.1) is 0 Å². The average Bonchev–Trinajstić information content (AvgIpc) is 1.66. The maximum atomic E-state index is 11.8. The molecule has 0 radical (unpaired) electrons. The molecule has 0 unspecified atom stereocenters. The van der Waals surface area contributed by atoms with Gasteiger partial charge in [0.1, 0.15) is 0 Å². The maximum Gasteiger partial charge on any atom is 0.0931 e. The molecule has 0 fully saturated rings. The molecule has 46 valence electrons. The zero-order chi connectivity index (χ0) is 6.41. The van der Waals surface area contributed by atoms with Crippen LogP contribution in [0.25, 0.3) is 0 Å². The summed E-state index contributed by atoms with van der Waals surface area (Å²) < 4.78 is 11.8. The van der Waals surface area contributed by atoms with E-state index in [1.807, 2.05) is 0 Å². The van der Waals surface area contributed by atoms with Crippen LogP contribution < -0.4 is 0 Å². The van der Waals surface area contributed by atoms with E-state index in [-0.39, 0.29) is 5.83 Å². The lowest BCUT2D eigenvalue weighted by Gasteiger charge is -1.85. The van der Waals surface area contributed by atoms with E-state index in [1.165, 1.54) is 5.54 Å². The average molecular weight is 135 g/mol. The van der Waals surface area contributed by atoms with Crippen LogP contribution in [-0.2, 0) is 0 Å². The summed E-state index contributed by atoms with van der Waals surface area (Å²) in [5, 5.41) is 0. The number of hydrogen-bond donors (Lipinski definition) is 0. The first-order valence-electron chi connectivity index (χ1n) is 2.36. The molecule has 0 aliphatic carbocycles. The molecule has 2 heteroatoms. The Hall–Kier alpha value is -0.300. The summed E-state index contributed by atoms with van der Waals surface area (Å²) in [5.74, 6) is -0.292. The van der Waals surface area contributed by atoms with Gasteiger partial charge < -0.3 is 0 Å². The highest BCUT2D eigenvalue weighted by Crippen LogP contribution is 2.03. The fourth-order valence-corrected chi connectivity index (χ4v) is 0.429. The molecule has 0 aromatic rings. The number of rotatable bonds is 3. The second kappa shape index (κ2) is 4.85. The third kappa shape index (κ3) is 5.70. The predicted molar refractivity (Wildman–Crippen MR) is 34.5 cm³/mol. The summed E-state index contributed by atoms with van der Waals surface area (Å²) in [6.07, 6.45) is 2.70. The Morgan fingerprint density at radius 3 is 2.75 bits per heavy atom. The van der Waals surface area contributed by atoms with Crippen LogP contribution in [0.5, 0.6) is 0 Å². The van der Waals surface area contributed by atoms with Crippen molar-refractivity contribution in [2.24, 2.45) is 0 Å². The topological polar surface area (TPSA) is 0 Å². The molecule has 8 heavy (non-hydrogen) atoms. The van der Waals surface area contributed by atoms with Gasteiger partial charge in [-0.3, -0.25) is 0 Å². The summed E-state index contributed by atoms with van der Waals surface area (Å²) in [5.41, 5.74) is 1.38. The van der Waals surface area contributed by atoms with Crippen molar-refractivity contribution in [1.82, 2.24) is 0 Å². The van der Waals surface area contributed by atoms with Gasteiger partial charge in [0.2, 0.25) is 0 Å². The molecule has 0 saturated heterocycles. The van der Waals surface area contributed by atoms with E-state index in [4.69, 9.17) is 11.6 Å². The van der Waals surface area contributed by atoms with E-state index in [9.17, 15) is 4.39 Å². The lowest BCUT2D eigenvalue weighted by molar-refractivity contribution is 0.596. The van der Waals surface area contributed by atoms with Crippen molar-refractivity contribution in [3.8, 4) is 0 Å². The number of hydrogen-bond acceptors (Lipinski definition) is 0. The zero-order valence-corrected chi connectivity index (χ0v) is 5.29. The van der Waals surface area contributed by atoms with Gasteiger partial charge in [-0.25, -0.2) is 4.39 Å². The van der Waals surface area contributed by atoms with Crippen molar-refractivity contribution in [1.29, 1.82) is 0 Å². The van der Waals surface area contributed by atoms with Gasteiger partial charge in [-0.05, 0) is 6.42 Å². The van der Waals surface area contributed by atoms with Crippen LogP contribution in [0.15, 0.2) is 24.0 Å². The molecule has 0 rings (SSSR count). The Labute approximate surface area is 53.7 Å². The van der Waals surface area contributed by atoms with Crippen LogP contribution in [0.3, 0.4) is 0 Å². The first-order valence-corrected chi connectivity index (χ1v) is 2.79. The molecule has 0 aliphatic heterocycles. The summed E-state index contributed by atoms with van der Waals surface area (Å²) >= 11 is 5.15. The zero-order valence-electron chi connectivity index (χ0n) is 4.53. The SMILES string of the molecule is C=C(F)CC/C=C/Cl. The summed E-state index contributed by atoms with van der Waals surface area (Å²) in [6, 6.07) is 0. The van der Waals surface area contributed by atoms with Crippen LogP contribution >= 0.6 is 11.6 Å². The third-order valence-corrected chi connectivity index (χ3v) is 0.850. The van der Waals surface area contributed by atoms with E-state index in [0.29, 0.717) is 12.8 Å². The molecule has 0 N–H and O–H groups in total. The highest BCUT2D eigenvalue weighted by molar-refractivity contribution is 6.25. The molecule has 0 aromatic carbocycles. The Kier molecular flexibility index (Phi) is 4.67. The molecule has 0 spiro atoms. The molecular weight excluding hydrogens is 127 g/mol. The summed E-state index contributed by atoms with van der Waals surface area (Å²) in [7, 11) is 0. The van der Waals surface area contributed by atoms with Crippen molar-refractivity contribution in [2.75, 3.05) is 0 Å². The molecular formula is C6H8ClF. The summed E-state index contributed by atoms with van der Waals surface area (Å²) in [4.78, 5) is 0. The van der Waals surface area contributed by atoms with Gasteiger partial charge in [-0.2, -0.15) is 0 Å². The van der Waals surface area contributed by atoms with Crippen molar-refractivity contribution in [3.63, 3.8) is 0 Å². The van der Waals surface area contributed by atoms with Crippen molar-refractivity contribution >= 4 is 11.6 Å². The van der Waals surface area contributed by atoms with Gasteiger partial charge in [-0.1, -0.05) is 24.3 Å². The van der Waals surface area contributed by atoms with E-state index in [0.717, 1.165) is 0 Å². The fraction of sp³-hybridized carbons (Fsp3) is 0.333. The van der Waals surface area contributed by atoms with E-state index in [1.54, 1.807) is 6.08 Å². The quantitative estimate of drug-likeness (QED) is 0.557. The van der Waals surface area contributed by atoms with Crippen LogP contribution in [0, 0.1) is 0 Å². The minimum atomic E-state index is -0.292. The molecule has 0 saturated carbocycles. The molecule has 0 aliphatic rings. The van der Waals surface area contributed by atoms with E-state index in [2.05, 4.69) is 6.58 Å². The molecule has 0 amide bonds. The summed E-state index contributed by atoms with van der Waals surface area (Å²) in [6.45, 7) is 3.08. The highest BCUT2D eigenvalue weighted by atomic mass is 35.5. The molecule has 0 atom stereocenters. The van der Waals surface area contributed by atoms with Crippen LogP contribution in [0.4, 0.5) is 4.39 Å². The second-order valence-electron chi connectivity index (χ2n) is 1.42. The molecule has 0 nitrogen and oxygen atoms in total. The molecule has 0 heterocycles. The van der Waals surface area contributed by atoms with Gasteiger partial charge in [0.05, 0.1) is 5.83 Å². The van der Waals surface area contributed by atoms with E-state index < -0.39 is 0 Å². The lowest BCUT2D eigenvalue weighted by atomic mass is 10.3. The monoisotopic (exact) mass is 134 g/mol. The number of halogens is 2. The van der Waals surface area contributed by atoms with Crippen LogP contribution in [0.2, 0.25) is 0 Å². The smallest absolute Gasteiger partial charge is 0.0931 e. The first-order chi connectivity index (χ1) is 3.77. The molecule has 0 aromatic heterocycles. The van der Waals surface area contributed by atoms with E-state index >= 15 is 0 Å². The normalized spacial score (nSPS) is 10.2. The highest BCUT2D eigenvalue weighted by Gasteiger charge is 1.84. The van der Waals surface area contributed by atoms with Gasteiger partial charge in [0.25, 0.3) is 0 Å². The first kappa shape index (κ1) is 7.70. The third-order valence-electron chi connectivity index (χ3n) is 0.671. The Bertz CT molecular complexity index is 96.7. The minimum Gasteiger partial charge on any atom is -0.212 e. The van der Waals surface area contributed by atoms with Crippen LogP contribution in [-0.4, -0.2) is 0 Å². The Morgan fingerprint density at radius 1 is 1.75 bits per heavy atom. The standard InChI is InChI=1S/C6H8ClF/c1-6(8)4-2-3-5-7/h3,5H,1-2,4H2/b5-3+. The predicted octanol–water partition coefficient (Wildman–Crippen LogP) is 3.00. The lowest BCUT2D eigenvalue weighted by Crippen LogP contribution is -1.67. The Morgan fingerprint density at radius 2 is 2.38 bits per heavy atom. The van der Waals surface area contributed by atoms with Crippen molar-refractivity contribution in [3.05, 3.63) is 24.0 Å². The van der Waals surface area contributed by atoms with Crippen molar-refractivity contribution < 1.29 is 4.39 Å². The fourth-order valence-electron chi connectivity index (χ4n) is 0.303. The largest absolute Gasteiger partial charge is 0.212 e. The van der Waals surface area contributed by atoms with Gasteiger partial charge >= 0.3 is 0 Å². The van der Waals surface area contributed by atoms with Crippen LogP contribution in [0.1, 0.15) is 12.8 Å². The Balaban J connectivity index is 3.05. The maximum absolute atomic E-state index is 11.8. The number of allylic oxidation sites excluding steroid dienone is 2. The second-order valence-corrected chi connectivity index (χ2v) is 1.67. The molecule has 0 bridgehead atoms. The van der Waals surface area contributed by atoms with Crippen molar-refractivity contribution in [2.45, 2.75) is 12.8 Å². The van der Waals surface area contributed by atoms with Gasteiger partial charge in [0.15, 0.2) is 0 Å².